The number of benzene rings is 2. The van der Waals surface area contributed by atoms with Crippen LogP contribution in [-0.4, -0.2) is 26.7 Å². The summed E-state index contributed by atoms with van der Waals surface area (Å²) in [6.07, 6.45) is -4.04. The average molecular weight is 468 g/mol. The molecular formula is C22H24F3N3O3S. The van der Waals surface area contributed by atoms with Gasteiger partial charge in [0.1, 0.15) is 5.84 Å². The number of amides is 1. The lowest BCUT2D eigenvalue weighted by molar-refractivity contribution is -0.137. The van der Waals surface area contributed by atoms with Crippen molar-refractivity contribution in [2.24, 2.45) is 10.9 Å². The average Bonchev–Trinajstić information content (AvgIpc) is 2.97. The van der Waals surface area contributed by atoms with Crippen molar-refractivity contribution in [1.29, 1.82) is 0 Å². The van der Waals surface area contributed by atoms with Crippen molar-refractivity contribution in [2.45, 2.75) is 43.8 Å². The van der Waals surface area contributed by atoms with Gasteiger partial charge in [-0.05, 0) is 42.2 Å². The molecule has 2 N–H and O–H groups in total. The first-order valence-electron chi connectivity index (χ1n) is 10.1. The molecular weight excluding hydrogens is 443 g/mol. The van der Waals surface area contributed by atoms with Gasteiger partial charge in [-0.2, -0.15) is 13.2 Å². The molecule has 0 spiro atoms. The summed E-state index contributed by atoms with van der Waals surface area (Å²) < 4.78 is 65.8. The fourth-order valence-electron chi connectivity index (χ4n) is 3.47. The molecule has 0 aromatic heterocycles. The molecule has 2 aromatic carbocycles. The van der Waals surface area contributed by atoms with E-state index < -0.39 is 27.8 Å². The lowest BCUT2D eigenvalue weighted by Gasteiger charge is -2.22. The zero-order valence-electron chi connectivity index (χ0n) is 17.6. The zero-order valence-corrected chi connectivity index (χ0v) is 18.4. The van der Waals surface area contributed by atoms with Crippen molar-refractivity contribution < 1.29 is 26.4 Å². The first-order valence-corrected chi connectivity index (χ1v) is 11.6. The Hall–Kier alpha value is -2.88. The van der Waals surface area contributed by atoms with Gasteiger partial charge in [0, 0.05) is 12.0 Å². The third-order valence-electron chi connectivity index (χ3n) is 4.93. The molecule has 1 heterocycles. The predicted molar refractivity (Wildman–Crippen MR) is 115 cm³/mol. The Morgan fingerprint density at radius 3 is 2.53 bits per heavy atom. The van der Waals surface area contributed by atoms with E-state index in [2.05, 4.69) is 15.0 Å². The number of fused-ring (bicyclic) bond motifs is 1. The number of amidine groups is 1. The van der Waals surface area contributed by atoms with E-state index in [0.717, 1.165) is 12.1 Å². The number of halogens is 3. The topological polar surface area (TPSA) is 87.6 Å². The van der Waals surface area contributed by atoms with Crippen LogP contribution in [0.5, 0.6) is 0 Å². The third kappa shape index (κ3) is 5.67. The number of aliphatic imine (C=N–C) groups is 1. The van der Waals surface area contributed by atoms with Crippen LogP contribution in [0.2, 0.25) is 0 Å². The molecule has 0 radical (unpaired) electrons. The van der Waals surface area contributed by atoms with Crippen LogP contribution in [0.15, 0.2) is 58.4 Å². The van der Waals surface area contributed by atoms with E-state index >= 15 is 0 Å². The van der Waals surface area contributed by atoms with Crippen molar-refractivity contribution in [2.75, 3.05) is 6.54 Å². The Labute approximate surface area is 185 Å². The Morgan fingerprint density at radius 2 is 1.84 bits per heavy atom. The van der Waals surface area contributed by atoms with Gasteiger partial charge >= 0.3 is 6.18 Å². The molecule has 0 bridgehead atoms. The number of rotatable bonds is 7. The fourth-order valence-corrected chi connectivity index (χ4v) is 4.72. The molecule has 0 fully saturated rings. The maximum Gasteiger partial charge on any atom is 0.416 e. The van der Waals surface area contributed by atoms with E-state index in [4.69, 9.17) is 0 Å². The maximum atomic E-state index is 13.1. The smallest absolute Gasteiger partial charge is 0.349 e. The van der Waals surface area contributed by atoms with Crippen LogP contribution in [0.1, 0.15) is 49.4 Å². The Balaban J connectivity index is 1.69. The first-order chi connectivity index (χ1) is 15.0. The summed E-state index contributed by atoms with van der Waals surface area (Å²) in [5, 5.41) is 2.79. The number of nitrogens with zero attached hydrogens (tertiary/aromatic N) is 1. The molecule has 1 aliphatic heterocycles. The van der Waals surface area contributed by atoms with E-state index in [1.165, 1.54) is 12.1 Å². The van der Waals surface area contributed by atoms with Gasteiger partial charge in [-0.3, -0.25) is 14.5 Å². The van der Waals surface area contributed by atoms with E-state index in [-0.39, 0.29) is 35.5 Å². The minimum Gasteiger partial charge on any atom is -0.349 e. The summed E-state index contributed by atoms with van der Waals surface area (Å²) in [5.74, 6) is -0.0731. The van der Waals surface area contributed by atoms with Gasteiger partial charge in [-0.25, -0.2) is 8.42 Å². The Kier molecular flexibility index (Phi) is 6.92. The predicted octanol–water partition coefficient (Wildman–Crippen LogP) is 4.04. The van der Waals surface area contributed by atoms with Gasteiger partial charge < -0.3 is 5.32 Å². The molecule has 3 rings (SSSR count). The second-order valence-electron chi connectivity index (χ2n) is 7.95. The molecule has 172 valence electrons. The van der Waals surface area contributed by atoms with Crippen molar-refractivity contribution in [3.05, 3.63) is 65.2 Å². The molecule has 1 unspecified atom stereocenters. The maximum absolute atomic E-state index is 13.1. The second kappa shape index (κ2) is 9.32. The third-order valence-corrected chi connectivity index (χ3v) is 6.33. The lowest BCUT2D eigenvalue weighted by Crippen LogP contribution is -2.30. The largest absolute Gasteiger partial charge is 0.416 e. The number of hydrogen-bond acceptors (Lipinski definition) is 4. The monoisotopic (exact) mass is 467 g/mol. The van der Waals surface area contributed by atoms with Crippen molar-refractivity contribution in [1.82, 2.24) is 10.0 Å². The normalized spacial score (nSPS) is 17.1. The van der Waals surface area contributed by atoms with Gasteiger partial charge in [-0.1, -0.05) is 38.1 Å². The highest BCUT2D eigenvalue weighted by molar-refractivity contribution is 7.90. The number of nitrogens with one attached hydrogen (secondary N) is 2. The fraction of sp³-hybridized carbons (Fsp3) is 0.364. The number of sulfonamides is 1. The van der Waals surface area contributed by atoms with Gasteiger partial charge in [0.05, 0.1) is 23.0 Å². The summed E-state index contributed by atoms with van der Waals surface area (Å²) in [6, 6.07) is 10.7. The van der Waals surface area contributed by atoms with Crippen LogP contribution in [0, 0.1) is 5.92 Å². The van der Waals surface area contributed by atoms with E-state index in [1.54, 1.807) is 24.3 Å². The quantitative estimate of drug-likeness (QED) is 0.644. The molecule has 0 aliphatic carbocycles. The molecule has 0 saturated heterocycles. The van der Waals surface area contributed by atoms with Crippen LogP contribution >= 0.6 is 0 Å². The highest BCUT2D eigenvalue weighted by Gasteiger charge is 2.32. The number of alkyl halides is 3. The minimum atomic E-state index is -4.47. The molecule has 32 heavy (non-hydrogen) atoms. The van der Waals surface area contributed by atoms with E-state index in [1.807, 2.05) is 13.8 Å². The van der Waals surface area contributed by atoms with Crippen molar-refractivity contribution in [3.63, 3.8) is 0 Å². The molecule has 6 nitrogen and oxygen atoms in total. The van der Waals surface area contributed by atoms with Crippen LogP contribution in [0.4, 0.5) is 13.2 Å². The Morgan fingerprint density at radius 1 is 1.12 bits per heavy atom. The second-order valence-corrected chi connectivity index (χ2v) is 9.61. The van der Waals surface area contributed by atoms with Crippen LogP contribution < -0.4 is 10.0 Å². The Bertz CT molecular complexity index is 1130. The molecule has 10 heteroatoms. The van der Waals surface area contributed by atoms with Gasteiger partial charge in [0.25, 0.3) is 10.0 Å². The summed E-state index contributed by atoms with van der Waals surface area (Å²) in [4.78, 5) is 16.8. The van der Waals surface area contributed by atoms with Crippen LogP contribution in [0.25, 0.3) is 0 Å². The highest BCUT2D eigenvalue weighted by atomic mass is 32.2. The SMILES string of the molecule is CC(C)CC(NC(=O)CCN=C1NS(=O)(=O)c2ccccc21)c1cccc(C(F)(F)F)c1. The molecule has 1 aliphatic rings. The first kappa shape index (κ1) is 23.8. The standard InChI is InChI=1S/C22H24F3N3O3S/c1-14(2)12-18(15-6-5-7-16(13-15)22(23,24)25)27-20(29)10-11-26-21-17-8-3-4-9-19(17)32(30,31)28-21/h3-9,13-14,18H,10-12H2,1-2H3,(H,26,28)(H,27,29). The van der Waals surface area contributed by atoms with E-state index in [9.17, 15) is 26.4 Å². The molecule has 1 atom stereocenters. The summed E-state index contributed by atoms with van der Waals surface area (Å²) in [5.41, 5.74) is 0.0526. The zero-order chi connectivity index (χ0) is 23.5. The molecule has 1 amide bonds. The van der Waals surface area contributed by atoms with Crippen molar-refractivity contribution in [3.8, 4) is 0 Å². The highest BCUT2D eigenvalue weighted by Crippen LogP contribution is 2.32. The summed E-state index contributed by atoms with van der Waals surface area (Å²) in [7, 11) is -3.66. The van der Waals surface area contributed by atoms with Crippen molar-refractivity contribution >= 4 is 21.8 Å². The number of carbonyl (C=O) groups excluding carboxylic acids is 1. The van der Waals surface area contributed by atoms with Crippen LogP contribution in [-0.2, 0) is 21.0 Å². The van der Waals surface area contributed by atoms with Gasteiger partial charge in [0.15, 0.2) is 0 Å². The van der Waals surface area contributed by atoms with Gasteiger partial charge in [-0.15, -0.1) is 0 Å². The summed E-state index contributed by atoms with van der Waals surface area (Å²) >= 11 is 0. The van der Waals surface area contributed by atoms with E-state index in [0.29, 0.717) is 17.5 Å². The van der Waals surface area contributed by atoms with Crippen LogP contribution in [0.3, 0.4) is 0 Å². The van der Waals surface area contributed by atoms with Gasteiger partial charge in [0.2, 0.25) is 5.91 Å². The lowest BCUT2D eigenvalue weighted by atomic mass is 9.95. The molecule has 2 aromatic rings. The summed E-state index contributed by atoms with van der Waals surface area (Å²) in [6.45, 7) is 3.86. The number of hydrogen-bond donors (Lipinski definition) is 2. The minimum absolute atomic E-state index is 0.0228. The molecule has 0 saturated carbocycles. The number of carbonyl (C=O) groups is 1.